The fourth-order valence-corrected chi connectivity index (χ4v) is 3.68. The van der Waals surface area contributed by atoms with Gasteiger partial charge in [-0.15, -0.1) is 0 Å². The molecule has 0 aliphatic carbocycles. The van der Waals surface area contributed by atoms with Crippen molar-refractivity contribution >= 4 is 35.8 Å². The predicted molar refractivity (Wildman–Crippen MR) is 106 cm³/mol. The van der Waals surface area contributed by atoms with Crippen molar-refractivity contribution in [1.82, 2.24) is 0 Å². The Morgan fingerprint density at radius 3 is 2.13 bits per heavy atom. The molecule has 124 valence electrons. The maximum Gasteiger partial charge on any atom is 0.184 e. The number of aryl methyl sites for hydroxylation is 1. The molecule has 0 saturated heterocycles. The Hall–Kier alpha value is -0.613. The Balaban J connectivity index is 2.30. The highest BCUT2D eigenvalue weighted by atomic mass is 79.9. The maximum absolute atomic E-state index is 6.49. The third-order valence-corrected chi connectivity index (χ3v) is 5.89. The number of hydrogen-bond acceptors (Lipinski definition) is 1. The molecular weight excluding hydrogens is 388 g/mol. The molecule has 0 N–H and O–H groups in total. The zero-order valence-corrected chi connectivity index (χ0v) is 17.6. The van der Waals surface area contributed by atoms with Crippen LogP contribution in [0.1, 0.15) is 29.2 Å². The van der Waals surface area contributed by atoms with Crippen molar-refractivity contribution in [3.8, 4) is 0 Å². The highest BCUT2D eigenvalue weighted by Crippen LogP contribution is 2.31. The molecule has 0 aromatic heterocycles. The molecule has 0 radical (unpaired) electrons. The minimum Gasteiger partial charge on any atom is -0.413 e. The summed E-state index contributed by atoms with van der Waals surface area (Å²) in [7, 11) is -1.57. The van der Waals surface area contributed by atoms with Gasteiger partial charge in [0.05, 0.1) is 6.61 Å². The van der Waals surface area contributed by atoms with Gasteiger partial charge in [0, 0.05) is 9.50 Å². The molecule has 0 spiro atoms. The first kappa shape index (κ1) is 18.7. The molecule has 0 aliphatic heterocycles. The van der Waals surface area contributed by atoms with Gasteiger partial charge in [-0.1, -0.05) is 58.7 Å². The largest absolute Gasteiger partial charge is 0.413 e. The second-order valence-corrected chi connectivity index (χ2v) is 12.5. The van der Waals surface area contributed by atoms with Crippen molar-refractivity contribution in [3.05, 3.63) is 68.1 Å². The van der Waals surface area contributed by atoms with E-state index < -0.39 is 8.32 Å². The van der Waals surface area contributed by atoms with Gasteiger partial charge in [-0.3, -0.25) is 0 Å². The Kier molecular flexibility index (Phi) is 6.49. The zero-order valence-electron chi connectivity index (χ0n) is 14.2. The molecule has 0 fully saturated rings. The van der Waals surface area contributed by atoms with Crippen molar-refractivity contribution in [3.63, 3.8) is 0 Å². The number of halogens is 2. The van der Waals surface area contributed by atoms with Gasteiger partial charge in [-0.05, 0) is 66.9 Å². The number of hydrogen-bond donors (Lipinski definition) is 0. The van der Waals surface area contributed by atoms with Gasteiger partial charge in [0.15, 0.2) is 8.32 Å². The molecule has 2 aromatic carbocycles. The number of rotatable bonds is 6. The van der Waals surface area contributed by atoms with Crippen molar-refractivity contribution in [2.75, 3.05) is 0 Å². The summed E-state index contributed by atoms with van der Waals surface area (Å²) in [5.74, 6) is 0. The van der Waals surface area contributed by atoms with E-state index in [4.69, 9.17) is 16.0 Å². The smallest absolute Gasteiger partial charge is 0.184 e. The van der Waals surface area contributed by atoms with E-state index in [1.54, 1.807) is 0 Å². The molecule has 0 atom stereocenters. The van der Waals surface area contributed by atoms with E-state index in [1.165, 1.54) is 16.7 Å². The Labute approximate surface area is 154 Å². The van der Waals surface area contributed by atoms with Crippen LogP contribution >= 0.6 is 27.5 Å². The second-order valence-electron chi connectivity index (χ2n) is 6.73. The van der Waals surface area contributed by atoms with Crippen molar-refractivity contribution in [2.24, 2.45) is 0 Å². The van der Waals surface area contributed by atoms with Gasteiger partial charge in [-0.2, -0.15) is 0 Å². The first-order valence-corrected chi connectivity index (χ1v) is 12.6. The molecule has 1 nitrogen and oxygen atoms in total. The molecule has 0 bridgehead atoms. The molecule has 0 heterocycles. The van der Waals surface area contributed by atoms with Crippen molar-refractivity contribution in [2.45, 2.75) is 46.0 Å². The summed E-state index contributed by atoms with van der Waals surface area (Å²) in [6.07, 6.45) is 1.89. The fourth-order valence-electron chi connectivity index (χ4n) is 2.37. The van der Waals surface area contributed by atoms with Crippen LogP contribution in [0.4, 0.5) is 0 Å². The summed E-state index contributed by atoms with van der Waals surface area (Å²) in [6, 6.07) is 12.7. The molecular formula is C19H24BrClOSi. The van der Waals surface area contributed by atoms with Crippen LogP contribution < -0.4 is 0 Å². The average Bonchev–Trinajstić information content (AvgIpc) is 2.50. The summed E-state index contributed by atoms with van der Waals surface area (Å²) in [5.41, 5.74) is 4.95. The monoisotopic (exact) mass is 410 g/mol. The fraction of sp³-hybridized carbons (Fsp3) is 0.368. The zero-order chi connectivity index (χ0) is 17.0. The van der Waals surface area contributed by atoms with E-state index >= 15 is 0 Å². The van der Waals surface area contributed by atoms with Crippen molar-refractivity contribution < 1.29 is 4.43 Å². The van der Waals surface area contributed by atoms with Crippen LogP contribution in [-0.2, 0) is 23.9 Å². The van der Waals surface area contributed by atoms with Crippen LogP contribution in [0.2, 0.25) is 24.7 Å². The lowest BCUT2D eigenvalue weighted by atomic mass is 9.99. The standard InChI is InChI=1S/C19H24BrClOSi/c1-5-14-6-8-15(9-7-14)12-16-17(13-22-23(2,3)4)18(20)10-11-19(16)21/h6-11H,5,12-13H2,1-4H3. The average molecular weight is 412 g/mol. The normalized spacial score (nSPS) is 11.7. The lowest BCUT2D eigenvalue weighted by Crippen LogP contribution is -2.25. The van der Waals surface area contributed by atoms with Crippen molar-refractivity contribution in [1.29, 1.82) is 0 Å². The highest BCUT2D eigenvalue weighted by molar-refractivity contribution is 9.10. The van der Waals surface area contributed by atoms with E-state index in [1.807, 2.05) is 12.1 Å². The maximum atomic E-state index is 6.49. The summed E-state index contributed by atoms with van der Waals surface area (Å²) < 4.78 is 7.19. The third kappa shape index (κ3) is 5.46. The molecule has 0 saturated carbocycles. The van der Waals surface area contributed by atoms with Crippen LogP contribution in [0.25, 0.3) is 0 Å². The van der Waals surface area contributed by atoms with Gasteiger partial charge in [0.2, 0.25) is 0 Å². The molecule has 2 aromatic rings. The lowest BCUT2D eigenvalue weighted by molar-refractivity contribution is 0.297. The van der Waals surface area contributed by atoms with E-state index in [9.17, 15) is 0 Å². The van der Waals surface area contributed by atoms with Gasteiger partial charge in [0.25, 0.3) is 0 Å². The van der Waals surface area contributed by atoms with E-state index in [0.717, 1.165) is 27.9 Å². The van der Waals surface area contributed by atoms with Gasteiger partial charge in [-0.25, -0.2) is 0 Å². The molecule has 0 aliphatic rings. The third-order valence-electron chi connectivity index (χ3n) is 3.78. The van der Waals surface area contributed by atoms with Crippen LogP contribution in [-0.4, -0.2) is 8.32 Å². The molecule has 4 heteroatoms. The van der Waals surface area contributed by atoms with E-state index in [0.29, 0.717) is 6.61 Å². The summed E-state index contributed by atoms with van der Waals surface area (Å²) in [5, 5.41) is 0.807. The quantitative estimate of drug-likeness (QED) is 0.486. The van der Waals surface area contributed by atoms with E-state index in [2.05, 4.69) is 66.8 Å². The first-order chi connectivity index (χ1) is 10.8. The Morgan fingerprint density at radius 2 is 1.57 bits per heavy atom. The van der Waals surface area contributed by atoms with Gasteiger partial charge >= 0.3 is 0 Å². The minimum atomic E-state index is -1.57. The molecule has 0 amide bonds. The molecule has 0 unspecified atom stereocenters. The highest BCUT2D eigenvalue weighted by Gasteiger charge is 2.18. The minimum absolute atomic E-state index is 0.610. The number of benzene rings is 2. The first-order valence-electron chi connectivity index (χ1n) is 7.97. The van der Waals surface area contributed by atoms with Gasteiger partial charge < -0.3 is 4.43 Å². The molecule has 23 heavy (non-hydrogen) atoms. The summed E-state index contributed by atoms with van der Waals surface area (Å²) in [4.78, 5) is 0. The van der Waals surface area contributed by atoms with Crippen LogP contribution in [0.3, 0.4) is 0 Å². The van der Waals surface area contributed by atoms with Crippen LogP contribution in [0.15, 0.2) is 40.9 Å². The summed E-state index contributed by atoms with van der Waals surface area (Å²) >= 11 is 10.2. The summed E-state index contributed by atoms with van der Waals surface area (Å²) in [6.45, 7) is 9.39. The molecule has 2 rings (SSSR count). The van der Waals surface area contributed by atoms with E-state index in [-0.39, 0.29) is 0 Å². The van der Waals surface area contributed by atoms with Gasteiger partial charge in [0.1, 0.15) is 0 Å². The van der Waals surface area contributed by atoms with Crippen LogP contribution in [0, 0.1) is 0 Å². The Morgan fingerprint density at radius 1 is 0.957 bits per heavy atom. The lowest BCUT2D eigenvalue weighted by Gasteiger charge is -2.20. The second kappa shape index (κ2) is 7.97. The predicted octanol–water partition coefficient (Wildman–Crippen LogP) is 6.61. The SMILES string of the molecule is CCc1ccc(Cc2c(Cl)ccc(Br)c2CO[Si](C)(C)C)cc1. The topological polar surface area (TPSA) is 9.23 Å². The Bertz CT molecular complexity index is 662. The van der Waals surface area contributed by atoms with Crippen LogP contribution in [0.5, 0.6) is 0 Å².